The topological polar surface area (TPSA) is 0 Å². The molecule has 0 atom stereocenters. The van der Waals surface area contributed by atoms with E-state index in [2.05, 4.69) is 0 Å². The van der Waals surface area contributed by atoms with E-state index in [1.807, 2.05) is 48.5 Å². The van der Waals surface area contributed by atoms with Gasteiger partial charge in [0.2, 0.25) is 0 Å². The highest BCUT2D eigenvalue weighted by Crippen LogP contribution is 2.42. The van der Waals surface area contributed by atoms with E-state index in [1.165, 1.54) is 0 Å². The van der Waals surface area contributed by atoms with Crippen molar-refractivity contribution in [1.82, 2.24) is 0 Å². The summed E-state index contributed by atoms with van der Waals surface area (Å²) in [4.78, 5) is 0. The molecule has 0 aliphatic rings. The van der Waals surface area contributed by atoms with Crippen LogP contribution in [-0.4, -0.2) is 0 Å². The van der Waals surface area contributed by atoms with Crippen LogP contribution in [0.5, 0.6) is 0 Å². The Hall–Kier alpha value is -7.02. The zero-order chi connectivity index (χ0) is 50.9. The summed E-state index contributed by atoms with van der Waals surface area (Å²) in [5.41, 5.74) is 3.58. The fraction of sp³-hybridized carbons (Fsp3) is 0.0357. The van der Waals surface area contributed by atoms with Crippen LogP contribution in [0.2, 0.25) is 0 Å². The molecule has 0 unspecified atom stereocenters. The van der Waals surface area contributed by atoms with Crippen molar-refractivity contribution < 1.29 is 21.9 Å². The molecule has 0 N–H and O–H groups in total. The third kappa shape index (κ3) is 5.37. The number of fused-ring (bicyclic) bond motifs is 7. The van der Waals surface area contributed by atoms with Gasteiger partial charge in [-0.05, 0) is 122 Å². The Morgan fingerprint density at radius 1 is 0.304 bits per heavy atom. The van der Waals surface area contributed by atoms with Crippen LogP contribution >= 0.6 is 0 Å². The highest BCUT2D eigenvalue weighted by Gasteiger charge is 2.18. The lowest BCUT2D eigenvalue weighted by Gasteiger charge is -2.18. The van der Waals surface area contributed by atoms with Gasteiger partial charge in [-0.3, -0.25) is 0 Å². The maximum atomic E-state index is 9.33. The SMILES string of the molecule is [2H]c1c([2H])c([2H])c2c(-c3ccccc3)c3c([2H])c([2H])c([2H])c([2H])c3c(Cc3ccc4ccc5ccc(Cc6c7c([2H])c([2H])c([2H])c([2H])c7c(-c7ccccc7)c7c([2H])c([2H])c([2H])c([2H])c67)cc5c4c3)c2c1[2H]. The van der Waals surface area contributed by atoms with Gasteiger partial charge in [-0.1, -0.05) is 206 Å². The second kappa shape index (κ2) is 13.4. The van der Waals surface area contributed by atoms with Crippen LogP contribution < -0.4 is 0 Å². The first-order chi connectivity index (χ1) is 34.4. The molecule has 262 valence electrons. The van der Waals surface area contributed by atoms with Crippen molar-refractivity contribution in [2.45, 2.75) is 12.8 Å². The Bertz CT molecular complexity index is 3780. The molecule has 11 aromatic carbocycles. The molecule has 0 heteroatoms. The first-order valence-corrected chi connectivity index (χ1v) is 18.4. The minimum atomic E-state index is -0.480. The summed E-state index contributed by atoms with van der Waals surface area (Å²) >= 11 is 0. The second-order valence-corrected chi connectivity index (χ2v) is 14.0. The monoisotopic (exact) mass is 726 g/mol. The molecule has 56 heavy (non-hydrogen) atoms. The van der Waals surface area contributed by atoms with Crippen molar-refractivity contribution in [2.24, 2.45) is 0 Å². The summed E-state index contributed by atoms with van der Waals surface area (Å²) in [6.07, 6.45) is 0.0167. The van der Waals surface area contributed by atoms with E-state index in [4.69, 9.17) is 11.0 Å². The number of hydrogen-bond acceptors (Lipinski definition) is 0. The normalized spacial score (nSPS) is 15.7. The molecular weight excluding hydrogens is 673 g/mol. The van der Waals surface area contributed by atoms with E-state index in [1.54, 1.807) is 60.7 Å². The fourth-order valence-electron chi connectivity index (χ4n) is 8.32. The van der Waals surface area contributed by atoms with Crippen LogP contribution in [0.1, 0.15) is 44.2 Å². The van der Waals surface area contributed by atoms with Crippen LogP contribution in [-0.2, 0) is 12.8 Å². The summed E-state index contributed by atoms with van der Waals surface area (Å²) < 4.78 is 144. The molecule has 0 saturated carbocycles. The van der Waals surface area contributed by atoms with Gasteiger partial charge in [0.1, 0.15) is 0 Å². The summed E-state index contributed by atoms with van der Waals surface area (Å²) in [7, 11) is 0. The van der Waals surface area contributed by atoms with Crippen molar-refractivity contribution in [3.8, 4) is 22.3 Å². The van der Waals surface area contributed by atoms with Crippen LogP contribution in [0, 0.1) is 0 Å². The van der Waals surface area contributed by atoms with Crippen molar-refractivity contribution in [1.29, 1.82) is 0 Å². The minimum Gasteiger partial charge on any atom is -0.0622 e. The highest BCUT2D eigenvalue weighted by molar-refractivity contribution is 6.17. The molecule has 0 aliphatic carbocycles. The molecule has 11 aromatic rings. The Kier molecular flexibility index (Phi) is 4.79. The molecule has 0 fully saturated rings. The first kappa shape index (κ1) is 20.1. The predicted octanol–water partition coefficient (Wildman–Crippen LogP) is 15.1. The van der Waals surface area contributed by atoms with Gasteiger partial charge < -0.3 is 0 Å². The van der Waals surface area contributed by atoms with Gasteiger partial charge in [0, 0.05) is 0 Å². The fourth-order valence-corrected chi connectivity index (χ4v) is 8.32. The average molecular weight is 727 g/mol. The highest BCUT2D eigenvalue weighted by atomic mass is 14.2. The molecule has 0 nitrogen and oxygen atoms in total. The molecule has 0 saturated heterocycles. The minimum absolute atomic E-state index is 0.00834. The smallest absolute Gasteiger partial charge is 0.0622 e. The summed E-state index contributed by atoms with van der Waals surface area (Å²) in [5.74, 6) is 0. The van der Waals surface area contributed by atoms with Crippen LogP contribution in [0.15, 0.2) is 206 Å². The average Bonchev–Trinajstić information content (AvgIpc) is 3.39. The summed E-state index contributed by atoms with van der Waals surface area (Å²) in [5, 5.41) is 4.39. The molecule has 0 radical (unpaired) electrons. The molecule has 11 rings (SSSR count). The van der Waals surface area contributed by atoms with Crippen molar-refractivity contribution in [3.05, 3.63) is 228 Å². The lowest BCUT2D eigenvalue weighted by molar-refractivity contribution is 1.24. The van der Waals surface area contributed by atoms with Crippen LogP contribution in [0.25, 0.3) is 86.9 Å². The van der Waals surface area contributed by atoms with Gasteiger partial charge in [0.05, 0.1) is 21.9 Å². The molecule has 0 bridgehead atoms. The van der Waals surface area contributed by atoms with Gasteiger partial charge in [-0.15, -0.1) is 0 Å². The predicted molar refractivity (Wildman–Crippen MR) is 241 cm³/mol. The lowest BCUT2D eigenvalue weighted by atomic mass is 9.85. The zero-order valence-electron chi connectivity index (χ0n) is 45.8. The molecular formula is C56H38. The quantitative estimate of drug-likeness (QED) is 0.118. The Balaban J connectivity index is 1.16. The number of rotatable bonds is 6. The Morgan fingerprint density at radius 3 is 0.946 bits per heavy atom. The first-order valence-electron chi connectivity index (χ1n) is 26.4. The lowest BCUT2D eigenvalue weighted by Crippen LogP contribution is -1.96. The standard InChI is InChI=1S/C56H38/c1-3-15-41(16-4-1)55-47-23-11-7-19-43(47)53(44-20-8-12-24-48(44)55)35-37-27-29-39-31-32-40-30-28-38(34-52(40)51(39)33-37)36-54-45-21-9-13-25-49(45)56(42-17-5-2-6-18-42)50-26-14-10-22-46(50)54/h1-34H,35-36H2/i7D,8D,9D,10D,11D,12D,13D,14D,19D,20D,21D,22D,23D,24D,25D,26D. The largest absolute Gasteiger partial charge is 0.0629 e. The third-order valence-electron chi connectivity index (χ3n) is 10.8. The zero-order valence-corrected chi connectivity index (χ0v) is 29.8. The van der Waals surface area contributed by atoms with Gasteiger partial charge in [-0.25, -0.2) is 0 Å². The van der Waals surface area contributed by atoms with Gasteiger partial charge in [-0.2, -0.15) is 0 Å². The summed E-state index contributed by atoms with van der Waals surface area (Å²) in [6, 6.07) is 26.5. The molecule has 0 aliphatic heterocycles. The summed E-state index contributed by atoms with van der Waals surface area (Å²) in [6.45, 7) is 0. The maximum absolute atomic E-state index is 9.33. The van der Waals surface area contributed by atoms with Gasteiger partial charge >= 0.3 is 0 Å². The van der Waals surface area contributed by atoms with Crippen LogP contribution in [0.4, 0.5) is 0 Å². The van der Waals surface area contributed by atoms with E-state index >= 15 is 0 Å². The van der Waals surface area contributed by atoms with Crippen molar-refractivity contribution >= 4 is 64.6 Å². The van der Waals surface area contributed by atoms with E-state index in [0.29, 0.717) is 33.4 Å². The second-order valence-electron chi connectivity index (χ2n) is 14.0. The van der Waals surface area contributed by atoms with Crippen molar-refractivity contribution in [2.75, 3.05) is 0 Å². The Labute approximate surface area is 349 Å². The van der Waals surface area contributed by atoms with Gasteiger partial charge in [0.25, 0.3) is 0 Å². The van der Waals surface area contributed by atoms with E-state index < -0.39 is 48.3 Å². The van der Waals surface area contributed by atoms with Crippen molar-refractivity contribution in [3.63, 3.8) is 0 Å². The maximum Gasteiger partial charge on any atom is 0.0629 e. The molecule has 0 amide bonds. The van der Waals surface area contributed by atoms with E-state index in [0.717, 1.165) is 21.5 Å². The van der Waals surface area contributed by atoms with Gasteiger partial charge in [0.15, 0.2) is 0 Å². The van der Waals surface area contributed by atoms with E-state index in [-0.39, 0.29) is 115 Å². The number of benzene rings is 11. The van der Waals surface area contributed by atoms with E-state index in [9.17, 15) is 11.0 Å². The molecule has 0 aromatic heterocycles. The van der Waals surface area contributed by atoms with Crippen LogP contribution in [0.3, 0.4) is 0 Å². The Morgan fingerprint density at radius 2 is 0.607 bits per heavy atom. The molecule has 0 spiro atoms. The molecule has 0 heterocycles. The third-order valence-corrected chi connectivity index (χ3v) is 10.8. The number of hydrogen-bond donors (Lipinski definition) is 0.